The summed E-state index contributed by atoms with van der Waals surface area (Å²) in [6.07, 6.45) is 9.08. The minimum Gasteiger partial charge on any atom is -0.356 e. The maximum atomic E-state index is 12.2. The van der Waals surface area contributed by atoms with Gasteiger partial charge in [0.05, 0.1) is 17.1 Å². The number of carbonyl (C=O) groups is 2. The van der Waals surface area contributed by atoms with Gasteiger partial charge >= 0.3 is 0 Å². The molecule has 1 aromatic rings. The molecule has 2 amide bonds. The van der Waals surface area contributed by atoms with Gasteiger partial charge in [0.15, 0.2) is 0 Å². The van der Waals surface area contributed by atoms with Gasteiger partial charge in [-0.1, -0.05) is 24.4 Å². The number of aromatic nitrogens is 2. The summed E-state index contributed by atoms with van der Waals surface area (Å²) in [6.45, 7) is 1.89. The second-order valence-corrected chi connectivity index (χ2v) is 6.89. The monoisotopic (exact) mass is 338 g/mol. The summed E-state index contributed by atoms with van der Waals surface area (Å²) in [4.78, 5) is 26.3. The summed E-state index contributed by atoms with van der Waals surface area (Å²) in [5.41, 5.74) is 0. The van der Waals surface area contributed by atoms with Crippen LogP contribution in [-0.2, 0) is 16.1 Å². The van der Waals surface area contributed by atoms with Gasteiger partial charge in [0, 0.05) is 38.3 Å². The van der Waals surface area contributed by atoms with Crippen LogP contribution >= 0.6 is 11.6 Å². The summed E-state index contributed by atoms with van der Waals surface area (Å²) in [6, 6.07) is 0.366. The van der Waals surface area contributed by atoms with E-state index < -0.39 is 0 Å². The molecule has 0 aromatic carbocycles. The third kappa shape index (κ3) is 4.05. The Balaban J connectivity index is 1.39. The van der Waals surface area contributed by atoms with E-state index in [-0.39, 0.29) is 17.7 Å². The first-order chi connectivity index (χ1) is 11.1. The molecule has 126 valence electrons. The Morgan fingerprint density at radius 3 is 2.87 bits per heavy atom. The number of nitrogens with one attached hydrogen (secondary N) is 1. The van der Waals surface area contributed by atoms with Gasteiger partial charge in [0.25, 0.3) is 0 Å². The molecule has 23 heavy (non-hydrogen) atoms. The fourth-order valence-corrected chi connectivity index (χ4v) is 3.69. The van der Waals surface area contributed by atoms with Crippen LogP contribution in [0.1, 0.15) is 38.5 Å². The largest absolute Gasteiger partial charge is 0.356 e. The Labute approximate surface area is 141 Å². The molecular weight excluding hydrogens is 316 g/mol. The smallest absolute Gasteiger partial charge is 0.225 e. The van der Waals surface area contributed by atoms with Crippen LogP contribution in [0.2, 0.25) is 5.02 Å². The molecule has 1 aliphatic carbocycles. The molecule has 0 bridgehead atoms. The lowest BCUT2D eigenvalue weighted by Crippen LogP contribution is -2.37. The first kappa shape index (κ1) is 16.3. The number of likely N-dealkylation sites (tertiary alicyclic amines) is 1. The molecule has 7 heteroatoms. The molecule has 0 radical (unpaired) electrons. The quantitative estimate of drug-likeness (QED) is 0.805. The van der Waals surface area contributed by atoms with Crippen LogP contribution in [-0.4, -0.2) is 45.6 Å². The third-order valence-electron chi connectivity index (χ3n) is 4.76. The number of nitrogens with zero attached hydrogens (tertiary/aromatic N) is 3. The van der Waals surface area contributed by atoms with Crippen LogP contribution in [0.3, 0.4) is 0 Å². The maximum absolute atomic E-state index is 12.2. The van der Waals surface area contributed by atoms with E-state index in [1.807, 2.05) is 4.90 Å². The molecule has 0 spiro atoms. The summed E-state index contributed by atoms with van der Waals surface area (Å²) < 4.78 is 1.76. The first-order valence-corrected chi connectivity index (χ1v) is 8.76. The maximum Gasteiger partial charge on any atom is 0.225 e. The van der Waals surface area contributed by atoms with Crippen LogP contribution in [0.4, 0.5) is 0 Å². The van der Waals surface area contributed by atoms with Crippen molar-refractivity contribution >= 4 is 23.4 Å². The van der Waals surface area contributed by atoms with E-state index in [2.05, 4.69) is 10.4 Å². The fourth-order valence-electron chi connectivity index (χ4n) is 3.53. The molecule has 3 rings (SSSR count). The van der Waals surface area contributed by atoms with E-state index >= 15 is 0 Å². The van der Waals surface area contributed by atoms with Crippen molar-refractivity contribution in [2.45, 2.75) is 51.1 Å². The average molecular weight is 339 g/mol. The zero-order valence-electron chi connectivity index (χ0n) is 13.2. The second kappa shape index (κ2) is 7.34. The zero-order valence-corrected chi connectivity index (χ0v) is 14.0. The molecule has 1 saturated carbocycles. The van der Waals surface area contributed by atoms with E-state index in [1.165, 1.54) is 12.8 Å². The normalized spacial score (nSPS) is 22.0. The fraction of sp³-hybridized carbons (Fsp3) is 0.688. The molecule has 2 heterocycles. The first-order valence-electron chi connectivity index (χ1n) is 8.38. The minimum atomic E-state index is -0.192. The number of hydrogen-bond acceptors (Lipinski definition) is 3. The number of hydrogen-bond donors (Lipinski definition) is 1. The molecule has 1 aliphatic heterocycles. The van der Waals surface area contributed by atoms with E-state index in [0.717, 1.165) is 19.3 Å². The molecule has 1 N–H and O–H groups in total. The van der Waals surface area contributed by atoms with Gasteiger partial charge in [-0.3, -0.25) is 14.3 Å². The van der Waals surface area contributed by atoms with E-state index in [4.69, 9.17) is 11.6 Å². The van der Waals surface area contributed by atoms with Gasteiger partial charge in [-0.05, 0) is 19.3 Å². The SMILES string of the molecule is O=C(NCCCn1cc(Cl)cn1)[C@H]1CC(=O)N(C2CCCC2)C1. The Morgan fingerprint density at radius 2 is 2.17 bits per heavy atom. The Morgan fingerprint density at radius 1 is 1.39 bits per heavy atom. The topological polar surface area (TPSA) is 67.2 Å². The number of rotatable bonds is 6. The number of halogens is 1. The van der Waals surface area contributed by atoms with E-state index in [9.17, 15) is 9.59 Å². The number of amides is 2. The standard InChI is InChI=1S/C16H23ClN4O2/c17-13-9-19-20(11-13)7-3-6-18-16(23)12-8-15(22)21(10-12)14-4-1-2-5-14/h9,11-12,14H,1-8,10H2,(H,18,23)/t12-/m0/s1. The minimum absolute atomic E-state index is 0.00246. The van der Waals surface area contributed by atoms with Crippen LogP contribution in [0.5, 0.6) is 0 Å². The summed E-state index contributed by atoms with van der Waals surface area (Å²) in [5.74, 6) is -0.0529. The lowest BCUT2D eigenvalue weighted by atomic mass is 10.1. The Kier molecular flexibility index (Phi) is 5.20. The molecule has 1 aromatic heterocycles. The zero-order chi connectivity index (χ0) is 16.2. The van der Waals surface area contributed by atoms with Crippen molar-refractivity contribution in [3.63, 3.8) is 0 Å². The lowest BCUT2D eigenvalue weighted by Gasteiger charge is -2.23. The number of carbonyl (C=O) groups excluding carboxylic acids is 2. The van der Waals surface area contributed by atoms with Crippen molar-refractivity contribution in [3.8, 4) is 0 Å². The predicted octanol–water partition coefficient (Wildman–Crippen LogP) is 1.83. The molecule has 6 nitrogen and oxygen atoms in total. The van der Waals surface area contributed by atoms with Crippen LogP contribution in [0.25, 0.3) is 0 Å². The van der Waals surface area contributed by atoms with Crippen molar-refractivity contribution in [3.05, 3.63) is 17.4 Å². The highest BCUT2D eigenvalue weighted by Gasteiger charge is 2.38. The summed E-state index contributed by atoms with van der Waals surface area (Å²) in [7, 11) is 0. The Hall–Kier alpha value is -1.56. The highest BCUT2D eigenvalue weighted by Crippen LogP contribution is 2.29. The van der Waals surface area contributed by atoms with Gasteiger partial charge < -0.3 is 10.2 Å². The van der Waals surface area contributed by atoms with Gasteiger partial charge in [-0.25, -0.2) is 0 Å². The van der Waals surface area contributed by atoms with Crippen molar-refractivity contribution < 1.29 is 9.59 Å². The van der Waals surface area contributed by atoms with E-state index in [1.54, 1.807) is 17.1 Å². The van der Waals surface area contributed by atoms with Gasteiger partial charge in [-0.2, -0.15) is 5.10 Å². The van der Waals surface area contributed by atoms with Crippen molar-refractivity contribution in [2.75, 3.05) is 13.1 Å². The predicted molar refractivity (Wildman–Crippen MR) is 86.9 cm³/mol. The number of aryl methyl sites for hydroxylation is 1. The summed E-state index contributed by atoms with van der Waals surface area (Å²) >= 11 is 5.80. The van der Waals surface area contributed by atoms with Crippen LogP contribution in [0, 0.1) is 5.92 Å². The molecule has 1 saturated heterocycles. The van der Waals surface area contributed by atoms with Crippen molar-refractivity contribution in [2.24, 2.45) is 5.92 Å². The van der Waals surface area contributed by atoms with Crippen LogP contribution < -0.4 is 5.32 Å². The molecular formula is C16H23ClN4O2. The van der Waals surface area contributed by atoms with Gasteiger partial charge in [-0.15, -0.1) is 0 Å². The van der Waals surface area contributed by atoms with Crippen LogP contribution in [0.15, 0.2) is 12.4 Å². The lowest BCUT2D eigenvalue weighted by molar-refractivity contribution is -0.130. The summed E-state index contributed by atoms with van der Waals surface area (Å²) in [5, 5.41) is 7.65. The van der Waals surface area contributed by atoms with Crippen molar-refractivity contribution in [1.29, 1.82) is 0 Å². The van der Waals surface area contributed by atoms with Gasteiger partial charge in [0.1, 0.15) is 0 Å². The van der Waals surface area contributed by atoms with E-state index in [0.29, 0.717) is 37.1 Å². The highest BCUT2D eigenvalue weighted by atomic mass is 35.5. The second-order valence-electron chi connectivity index (χ2n) is 6.45. The van der Waals surface area contributed by atoms with Gasteiger partial charge in [0.2, 0.25) is 11.8 Å². The third-order valence-corrected chi connectivity index (χ3v) is 4.95. The molecule has 1 atom stereocenters. The highest BCUT2D eigenvalue weighted by molar-refractivity contribution is 6.30. The molecule has 2 aliphatic rings. The van der Waals surface area contributed by atoms with Crippen molar-refractivity contribution in [1.82, 2.24) is 20.0 Å². The Bertz CT molecular complexity index is 568. The average Bonchev–Trinajstić information content (AvgIpc) is 3.24. The molecule has 0 unspecified atom stereocenters. The molecule has 2 fully saturated rings.